The zero-order valence-corrected chi connectivity index (χ0v) is 21.0. The third-order valence-electron chi connectivity index (χ3n) is 7.90. The Balaban J connectivity index is 1.25. The second-order valence-corrected chi connectivity index (χ2v) is 11.1. The molecular weight excluding hydrogens is 480 g/mol. The maximum Gasteiger partial charge on any atom is 0.185 e. The molecule has 3 aliphatic carbocycles. The van der Waals surface area contributed by atoms with Crippen molar-refractivity contribution in [3.63, 3.8) is 0 Å². The van der Waals surface area contributed by atoms with E-state index in [2.05, 4.69) is 25.1 Å². The van der Waals surface area contributed by atoms with Crippen LogP contribution in [0.4, 0.5) is 14.6 Å². The van der Waals surface area contributed by atoms with Crippen molar-refractivity contribution in [1.82, 2.24) is 20.2 Å². The van der Waals surface area contributed by atoms with E-state index in [0.717, 1.165) is 38.5 Å². The van der Waals surface area contributed by atoms with E-state index in [4.69, 9.17) is 0 Å². The summed E-state index contributed by atoms with van der Waals surface area (Å²) in [6.07, 6.45) is 11.4. The van der Waals surface area contributed by atoms with E-state index < -0.39 is 12.0 Å². The van der Waals surface area contributed by atoms with Crippen molar-refractivity contribution in [2.75, 3.05) is 11.2 Å². The fourth-order valence-electron chi connectivity index (χ4n) is 6.01. The Labute approximate surface area is 213 Å². The third kappa shape index (κ3) is 4.42. The number of thioether (sulfide) groups is 1. The molecule has 9 heteroatoms. The fourth-order valence-corrected chi connectivity index (χ4v) is 6.43. The van der Waals surface area contributed by atoms with Crippen LogP contribution in [0.3, 0.4) is 0 Å². The molecular formula is C27H29F2N5OS. The Hall–Kier alpha value is -2.81. The van der Waals surface area contributed by atoms with Crippen LogP contribution in [0.25, 0.3) is 22.5 Å². The van der Waals surface area contributed by atoms with Crippen LogP contribution in [-0.2, 0) is 0 Å². The summed E-state index contributed by atoms with van der Waals surface area (Å²) in [5, 5.41) is 19.8. The number of anilines is 1. The van der Waals surface area contributed by atoms with Gasteiger partial charge in [0.15, 0.2) is 17.5 Å². The average molecular weight is 510 g/mol. The number of hydrogen-bond acceptors (Lipinski definition) is 7. The molecule has 1 aromatic carbocycles. The average Bonchev–Trinajstić information content (AvgIpc) is 3.73. The van der Waals surface area contributed by atoms with E-state index >= 15 is 4.39 Å². The number of pyridine rings is 1. The van der Waals surface area contributed by atoms with Crippen molar-refractivity contribution < 1.29 is 13.9 Å². The molecule has 2 bridgehead atoms. The number of aromatic nitrogens is 4. The molecule has 0 radical (unpaired) electrons. The highest BCUT2D eigenvalue weighted by atomic mass is 32.2. The highest BCUT2D eigenvalue weighted by Crippen LogP contribution is 2.46. The van der Waals surface area contributed by atoms with E-state index in [9.17, 15) is 9.50 Å². The molecule has 1 N–H and O–H groups in total. The molecule has 6 rings (SSSR count). The Bertz CT molecular complexity index is 1260. The van der Waals surface area contributed by atoms with Gasteiger partial charge >= 0.3 is 0 Å². The van der Waals surface area contributed by atoms with Crippen molar-refractivity contribution in [1.29, 1.82) is 0 Å². The van der Waals surface area contributed by atoms with Gasteiger partial charge in [-0.15, -0.1) is 22.0 Å². The third-order valence-corrected chi connectivity index (χ3v) is 8.59. The van der Waals surface area contributed by atoms with E-state index in [0.29, 0.717) is 39.5 Å². The van der Waals surface area contributed by atoms with Crippen molar-refractivity contribution in [3.05, 3.63) is 42.5 Å². The van der Waals surface area contributed by atoms with Crippen LogP contribution in [0.2, 0.25) is 0 Å². The summed E-state index contributed by atoms with van der Waals surface area (Å²) in [7, 11) is 0. The minimum atomic E-state index is -0.843. The van der Waals surface area contributed by atoms with Crippen LogP contribution < -0.4 is 4.90 Å². The molecule has 2 aromatic heterocycles. The summed E-state index contributed by atoms with van der Waals surface area (Å²) in [5.74, 6) is 1.22. The van der Waals surface area contributed by atoms with Gasteiger partial charge in [0.05, 0.1) is 17.8 Å². The minimum Gasteiger partial charge on any atom is -0.507 e. The van der Waals surface area contributed by atoms with E-state index in [1.165, 1.54) is 24.2 Å². The second kappa shape index (κ2) is 9.57. The Kier molecular flexibility index (Phi) is 6.27. The van der Waals surface area contributed by atoms with E-state index in [1.54, 1.807) is 36.8 Å². The first kappa shape index (κ1) is 23.6. The van der Waals surface area contributed by atoms with Crippen LogP contribution in [-0.4, -0.2) is 49.8 Å². The van der Waals surface area contributed by atoms with Crippen LogP contribution in [0, 0.1) is 17.7 Å². The highest BCUT2D eigenvalue weighted by Gasteiger charge is 2.46. The largest absolute Gasteiger partial charge is 0.507 e. The quantitative estimate of drug-likeness (QED) is 0.405. The molecule has 0 unspecified atom stereocenters. The molecule has 3 aliphatic rings. The number of nitrogens with zero attached hydrogens (tertiary/aromatic N) is 5. The molecule has 3 saturated carbocycles. The second-order valence-electron chi connectivity index (χ2n) is 10.3. The van der Waals surface area contributed by atoms with Crippen LogP contribution in [0.1, 0.15) is 44.9 Å². The van der Waals surface area contributed by atoms with Gasteiger partial charge in [0.2, 0.25) is 0 Å². The SMILES string of the molecule is CSc1ncc(-c2ccc(-c3ncc(N(C4CC4)[C@@H]4C[C@H]5CCC[C@H](C5)[C@@H]4F)nn3)c(O)c2)cc1F. The summed E-state index contributed by atoms with van der Waals surface area (Å²) >= 11 is 1.24. The monoisotopic (exact) mass is 509 g/mol. The highest BCUT2D eigenvalue weighted by molar-refractivity contribution is 7.98. The van der Waals surface area contributed by atoms with Gasteiger partial charge in [0.1, 0.15) is 16.9 Å². The molecule has 3 fully saturated rings. The van der Waals surface area contributed by atoms with Crippen LogP contribution in [0.15, 0.2) is 41.7 Å². The van der Waals surface area contributed by atoms with Gasteiger partial charge in [0.25, 0.3) is 0 Å². The lowest BCUT2D eigenvalue weighted by Crippen LogP contribution is -2.52. The van der Waals surface area contributed by atoms with Gasteiger partial charge < -0.3 is 10.0 Å². The lowest BCUT2D eigenvalue weighted by atomic mass is 9.69. The number of aromatic hydroxyl groups is 1. The zero-order chi connectivity index (χ0) is 24.8. The molecule has 2 heterocycles. The first-order valence-electron chi connectivity index (χ1n) is 12.7. The summed E-state index contributed by atoms with van der Waals surface area (Å²) in [6.45, 7) is 0. The minimum absolute atomic E-state index is 0.0284. The number of phenolic OH excluding ortho intramolecular Hbond substituents is 1. The number of alkyl halides is 1. The van der Waals surface area contributed by atoms with Gasteiger partial charge in [-0.05, 0) is 74.0 Å². The molecule has 0 saturated heterocycles. The summed E-state index contributed by atoms with van der Waals surface area (Å²) in [4.78, 5) is 10.8. The molecule has 3 aromatic rings. The summed E-state index contributed by atoms with van der Waals surface area (Å²) in [5.41, 5.74) is 1.64. The van der Waals surface area contributed by atoms with Gasteiger partial charge in [-0.2, -0.15) is 0 Å². The topological polar surface area (TPSA) is 75.0 Å². The molecule has 0 amide bonds. The first-order valence-corrected chi connectivity index (χ1v) is 13.9. The van der Waals surface area contributed by atoms with Crippen LogP contribution in [0.5, 0.6) is 5.75 Å². The molecule has 188 valence electrons. The standard InChI is InChI=1S/C27H29F2N5OS/c1-36-27-21(28)11-18(13-31-27)16-5-8-20(23(35)12-16)26-30-14-24(32-33-26)34(19-6-7-19)22-10-15-3-2-4-17(9-15)25(22)29/h5,8,11-15,17,19,22,25,35H,2-4,6-7,9-10H2,1H3/t15-,17+,22+,25-/m0/s1. The van der Waals surface area contributed by atoms with Crippen molar-refractivity contribution >= 4 is 17.6 Å². The molecule has 4 atom stereocenters. The lowest BCUT2D eigenvalue weighted by Gasteiger charge is -2.46. The van der Waals surface area contributed by atoms with Gasteiger partial charge in [0, 0.05) is 17.8 Å². The number of benzene rings is 1. The molecule has 0 aliphatic heterocycles. The lowest BCUT2D eigenvalue weighted by molar-refractivity contribution is 0.0631. The summed E-state index contributed by atoms with van der Waals surface area (Å²) < 4.78 is 29.7. The smallest absolute Gasteiger partial charge is 0.185 e. The predicted molar refractivity (Wildman–Crippen MR) is 136 cm³/mol. The Morgan fingerprint density at radius 3 is 2.56 bits per heavy atom. The van der Waals surface area contributed by atoms with Gasteiger partial charge in [-0.25, -0.2) is 18.7 Å². The number of phenols is 1. The zero-order valence-electron chi connectivity index (χ0n) is 20.1. The maximum absolute atomic E-state index is 15.5. The van der Waals surface area contributed by atoms with Crippen LogP contribution >= 0.6 is 11.8 Å². The van der Waals surface area contributed by atoms with Crippen molar-refractivity contribution in [2.24, 2.45) is 11.8 Å². The number of rotatable bonds is 6. The van der Waals surface area contributed by atoms with E-state index in [-0.39, 0.29) is 23.5 Å². The van der Waals surface area contributed by atoms with Gasteiger partial charge in [-0.1, -0.05) is 18.9 Å². The van der Waals surface area contributed by atoms with Gasteiger partial charge in [-0.3, -0.25) is 0 Å². The molecule has 0 spiro atoms. The Morgan fingerprint density at radius 2 is 1.86 bits per heavy atom. The van der Waals surface area contributed by atoms with E-state index in [1.807, 2.05) is 0 Å². The number of fused-ring (bicyclic) bond motifs is 2. The van der Waals surface area contributed by atoms with Crippen molar-refractivity contribution in [2.45, 2.75) is 68.2 Å². The fraction of sp³-hybridized carbons (Fsp3) is 0.481. The number of hydrogen-bond donors (Lipinski definition) is 1. The normalized spacial score (nSPS) is 25.5. The van der Waals surface area contributed by atoms with Crippen molar-refractivity contribution in [3.8, 4) is 28.3 Å². The number of halogens is 2. The summed E-state index contributed by atoms with van der Waals surface area (Å²) in [6, 6.07) is 6.56. The molecule has 36 heavy (non-hydrogen) atoms. The maximum atomic E-state index is 15.5. The predicted octanol–water partition coefficient (Wildman–Crippen LogP) is 6.05. The molecule has 6 nitrogen and oxygen atoms in total. The Morgan fingerprint density at radius 1 is 1.00 bits per heavy atom. The first-order chi connectivity index (χ1) is 17.5.